The minimum atomic E-state index is -0.486. The van der Waals surface area contributed by atoms with Gasteiger partial charge < -0.3 is 20.1 Å². The Labute approximate surface area is 128 Å². The molecule has 2 aliphatic rings. The number of nitrogens with two attached hydrogens (primary N) is 1. The molecule has 5 nitrogen and oxygen atoms in total. The third-order valence-electron chi connectivity index (χ3n) is 4.41. The summed E-state index contributed by atoms with van der Waals surface area (Å²) in [6.07, 6.45) is 4.53. The summed E-state index contributed by atoms with van der Waals surface area (Å²) in [6, 6.07) is -0.486. The summed E-state index contributed by atoms with van der Waals surface area (Å²) < 4.78 is 11.4. The average Bonchev–Trinajstić information content (AvgIpc) is 3.08. The van der Waals surface area contributed by atoms with Gasteiger partial charge in [-0.2, -0.15) is 0 Å². The lowest BCUT2D eigenvalue weighted by Gasteiger charge is -2.34. The Morgan fingerprint density at radius 3 is 1.95 bits per heavy atom. The Morgan fingerprint density at radius 2 is 1.62 bits per heavy atom. The minimum absolute atomic E-state index is 0.0218. The minimum Gasteiger partial charge on any atom is -0.376 e. The third-order valence-corrected chi connectivity index (χ3v) is 4.41. The van der Waals surface area contributed by atoms with Gasteiger partial charge in [-0.15, -0.1) is 0 Å². The van der Waals surface area contributed by atoms with E-state index < -0.39 is 6.04 Å². The number of ether oxygens (including phenoxy) is 2. The molecule has 0 saturated carbocycles. The van der Waals surface area contributed by atoms with Crippen molar-refractivity contribution in [1.29, 1.82) is 0 Å². The maximum absolute atomic E-state index is 12.8. The zero-order valence-corrected chi connectivity index (χ0v) is 13.6. The van der Waals surface area contributed by atoms with E-state index in [2.05, 4.69) is 0 Å². The van der Waals surface area contributed by atoms with Crippen LogP contribution in [0.4, 0.5) is 0 Å². The molecule has 5 heteroatoms. The van der Waals surface area contributed by atoms with E-state index >= 15 is 0 Å². The molecule has 0 aromatic carbocycles. The number of amides is 1. The lowest BCUT2D eigenvalue weighted by Crippen LogP contribution is -2.53. The Bertz CT molecular complexity index is 324. The van der Waals surface area contributed by atoms with Crippen molar-refractivity contribution in [3.05, 3.63) is 0 Å². The van der Waals surface area contributed by atoms with Crippen molar-refractivity contribution in [3.8, 4) is 0 Å². The van der Waals surface area contributed by atoms with Gasteiger partial charge >= 0.3 is 0 Å². The summed E-state index contributed by atoms with van der Waals surface area (Å²) >= 11 is 0. The molecule has 122 valence electrons. The van der Waals surface area contributed by atoms with Crippen LogP contribution in [0.5, 0.6) is 0 Å². The summed E-state index contributed by atoms with van der Waals surface area (Å²) in [5.74, 6) is 0.0218. The largest absolute Gasteiger partial charge is 0.376 e. The molecule has 0 bridgehead atoms. The van der Waals surface area contributed by atoms with Crippen molar-refractivity contribution >= 4 is 5.91 Å². The normalized spacial score (nSPS) is 27.8. The standard InChI is InChI=1S/C16H30N2O3/c1-16(2,3)14(17)15(19)18(10-12-6-4-8-20-12)11-13-7-5-9-21-13/h12-14H,4-11,17H2,1-3H3. The number of nitrogens with zero attached hydrogens (tertiary/aromatic N) is 1. The van der Waals surface area contributed by atoms with E-state index in [-0.39, 0.29) is 23.5 Å². The molecular formula is C16H30N2O3. The SMILES string of the molecule is CC(C)(C)C(N)C(=O)N(CC1CCCO1)CC1CCCO1. The maximum atomic E-state index is 12.8. The first-order chi connectivity index (χ1) is 9.88. The highest BCUT2D eigenvalue weighted by Crippen LogP contribution is 2.22. The van der Waals surface area contributed by atoms with Gasteiger partial charge in [0.1, 0.15) is 0 Å². The Balaban J connectivity index is 2.00. The molecule has 2 fully saturated rings. The van der Waals surface area contributed by atoms with Crippen LogP contribution in [-0.4, -0.2) is 55.4 Å². The Kier molecular flexibility index (Phi) is 5.63. The lowest BCUT2D eigenvalue weighted by molar-refractivity contribution is -0.138. The fourth-order valence-corrected chi connectivity index (χ4v) is 2.89. The number of hydrogen-bond donors (Lipinski definition) is 1. The molecule has 2 heterocycles. The van der Waals surface area contributed by atoms with Gasteiger partial charge in [-0.25, -0.2) is 0 Å². The van der Waals surface area contributed by atoms with Crippen LogP contribution in [0.3, 0.4) is 0 Å². The van der Waals surface area contributed by atoms with Crippen LogP contribution < -0.4 is 5.73 Å². The molecule has 0 spiro atoms. The summed E-state index contributed by atoms with van der Waals surface area (Å²) in [7, 11) is 0. The predicted molar refractivity (Wildman–Crippen MR) is 82.0 cm³/mol. The quantitative estimate of drug-likeness (QED) is 0.836. The molecule has 2 rings (SSSR count). The molecule has 2 N–H and O–H groups in total. The fourth-order valence-electron chi connectivity index (χ4n) is 2.89. The van der Waals surface area contributed by atoms with Crippen molar-refractivity contribution in [3.63, 3.8) is 0 Å². The number of carbonyl (C=O) groups excluding carboxylic acids is 1. The van der Waals surface area contributed by atoms with Crippen LogP contribution in [0.1, 0.15) is 46.5 Å². The van der Waals surface area contributed by atoms with E-state index in [0.29, 0.717) is 13.1 Å². The van der Waals surface area contributed by atoms with Crippen LogP contribution in [0.25, 0.3) is 0 Å². The number of carbonyl (C=O) groups is 1. The van der Waals surface area contributed by atoms with Crippen molar-refractivity contribution in [2.75, 3.05) is 26.3 Å². The van der Waals surface area contributed by atoms with Crippen LogP contribution in [0, 0.1) is 5.41 Å². The van der Waals surface area contributed by atoms with Gasteiger partial charge in [0, 0.05) is 26.3 Å². The van der Waals surface area contributed by atoms with Crippen molar-refractivity contribution in [2.24, 2.45) is 11.1 Å². The first kappa shape index (κ1) is 16.7. The highest BCUT2D eigenvalue weighted by Gasteiger charge is 2.34. The Hall–Kier alpha value is -0.650. The summed E-state index contributed by atoms with van der Waals surface area (Å²) in [4.78, 5) is 14.6. The van der Waals surface area contributed by atoms with Gasteiger partial charge in [-0.05, 0) is 31.1 Å². The highest BCUT2D eigenvalue weighted by atomic mass is 16.5. The second kappa shape index (κ2) is 7.07. The summed E-state index contributed by atoms with van der Waals surface area (Å²) in [6.45, 7) is 8.91. The van der Waals surface area contributed by atoms with Crippen LogP contribution in [0.15, 0.2) is 0 Å². The van der Waals surface area contributed by atoms with E-state index in [1.165, 1.54) is 0 Å². The average molecular weight is 298 g/mol. The molecule has 0 aromatic heterocycles. The van der Waals surface area contributed by atoms with E-state index in [9.17, 15) is 4.79 Å². The topological polar surface area (TPSA) is 64.8 Å². The molecule has 2 aliphatic heterocycles. The fraction of sp³-hybridized carbons (Fsp3) is 0.938. The second-order valence-corrected chi connectivity index (χ2v) is 7.36. The molecule has 3 atom stereocenters. The monoisotopic (exact) mass is 298 g/mol. The van der Waals surface area contributed by atoms with Crippen LogP contribution in [-0.2, 0) is 14.3 Å². The summed E-state index contributed by atoms with van der Waals surface area (Å²) in [5.41, 5.74) is 5.94. The molecular weight excluding hydrogens is 268 g/mol. The second-order valence-electron chi connectivity index (χ2n) is 7.36. The van der Waals surface area contributed by atoms with E-state index in [0.717, 1.165) is 38.9 Å². The van der Waals surface area contributed by atoms with Gasteiger partial charge in [0.2, 0.25) is 5.91 Å². The Morgan fingerprint density at radius 1 is 1.14 bits per heavy atom. The predicted octanol–water partition coefficient (Wildman–Crippen LogP) is 1.55. The molecule has 1 amide bonds. The number of rotatable bonds is 5. The van der Waals surface area contributed by atoms with Gasteiger partial charge in [0.15, 0.2) is 0 Å². The van der Waals surface area contributed by atoms with E-state index in [1.807, 2.05) is 25.7 Å². The third kappa shape index (κ3) is 4.66. The van der Waals surface area contributed by atoms with E-state index in [1.54, 1.807) is 0 Å². The maximum Gasteiger partial charge on any atom is 0.240 e. The van der Waals surface area contributed by atoms with Crippen LogP contribution >= 0.6 is 0 Å². The van der Waals surface area contributed by atoms with Gasteiger partial charge in [-0.3, -0.25) is 4.79 Å². The number of hydrogen-bond acceptors (Lipinski definition) is 4. The zero-order valence-electron chi connectivity index (χ0n) is 13.6. The smallest absolute Gasteiger partial charge is 0.240 e. The van der Waals surface area contributed by atoms with Gasteiger partial charge in [0.25, 0.3) is 0 Å². The van der Waals surface area contributed by atoms with Gasteiger partial charge in [-0.1, -0.05) is 20.8 Å². The van der Waals surface area contributed by atoms with Gasteiger partial charge in [0.05, 0.1) is 18.2 Å². The first-order valence-electron chi connectivity index (χ1n) is 8.15. The molecule has 0 radical (unpaired) electrons. The summed E-state index contributed by atoms with van der Waals surface area (Å²) in [5, 5.41) is 0. The van der Waals surface area contributed by atoms with E-state index in [4.69, 9.17) is 15.2 Å². The highest BCUT2D eigenvalue weighted by molar-refractivity contribution is 5.82. The van der Waals surface area contributed by atoms with Crippen molar-refractivity contribution < 1.29 is 14.3 Å². The van der Waals surface area contributed by atoms with Crippen molar-refractivity contribution in [1.82, 2.24) is 4.90 Å². The molecule has 21 heavy (non-hydrogen) atoms. The molecule has 0 aliphatic carbocycles. The molecule has 0 aromatic rings. The van der Waals surface area contributed by atoms with Crippen molar-refractivity contribution in [2.45, 2.75) is 64.7 Å². The lowest BCUT2D eigenvalue weighted by atomic mass is 9.86. The zero-order chi connectivity index (χ0) is 15.5. The molecule has 3 unspecified atom stereocenters. The first-order valence-corrected chi connectivity index (χ1v) is 8.15. The van der Waals surface area contributed by atoms with Crippen LogP contribution in [0.2, 0.25) is 0 Å². The molecule has 2 saturated heterocycles.